The summed E-state index contributed by atoms with van der Waals surface area (Å²) in [7, 11) is 0. The van der Waals surface area contributed by atoms with E-state index in [0.717, 1.165) is 36.1 Å². The number of hydrogen-bond acceptors (Lipinski definition) is 20. The van der Waals surface area contributed by atoms with Crippen LogP contribution in [0.3, 0.4) is 0 Å². The number of rotatable bonds is 34. The van der Waals surface area contributed by atoms with E-state index in [1.54, 1.807) is 66.7 Å². The van der Waals surface area contributed by atoms with Crippen molar-refractivity contribution in [1.82, 2.24) is 31.9 Å². The van der Waals surface area contributed by atoms with Crippen LogP contribution < -0.4 is 61.5 Å². The Balaban J connectivity index is 0.0000143. The summed E-state index contributed by atoms with van der Waals surface area (Å²) in [6, 6.07) is 35.7. The number of carboxylic acids is 2. The summed E-state index contributed by atoms with van der Waals surface area (Å²) in [5, 5.41) is 103. The van der Waals surface area contributed by atoms with Gasteiger partial charge in [0.2, 0.25) is 11.8 Å². The number of aliphatic hydroxyl groups excluding tert-OH is 6. The van der Waals surface area contributed by atoms with Crippen molar-refractivity contribution >= 4 is 70.9 Å². The van der Waals surface area contributed by atoms with E-state index in [9.17, 15) is 79.2 Å². The number of thioether (sulfide) groups is 2. The van der Waals surface area contributed by atoms with E-state index in [-0.39, 0.29) is 91.0 Å². The first-order chi connectivity index (χ1) is 45.0. The number of carboxylic acid groups (broad SMARTS) is 2. The van der Waals surface area contributed by atoms with Gasteiger partial charge >= 0.3 is 41.5 Å². The first-order valence-electron chi connectivity index (χ1n) is 30.4. The van der Waals surface area contributed by atoms with Crippen LogP contribution in [0.5, 0.6) is 0 Å². The molecule has 0 bridgehead atoms. The third-order valence-corrected chi connectivity index (χ3v) is 17.6. The summed E-state index contributed by atoms with van der Waals surface area (Å²) in [6.07, 6.45) is -14.8. The van der Waals surface area contributed by atoms with Crippen LogP contribution in [-0.4, -0.2) is 223 Å². The molecule has 6 amide bonds. The fourth-order valence-electron chi connectivity index (χ4n) is 10.5. The van der Waals surface area contributed by atoms with Gasteiger partial charge in [0.1, 0.15) is 24.4 Å². The second kappa shape index (κ2) is 37.6. The standard InChI is InChI=1S/C66H80N6O20S2.Na/c1-39(73)71-53-49(75)35-65(63(85)86,91-57(53)55(79)51(77)37-69-59(81)45-22-18-43(19-23-45)41-12-5-3-6-13-41)89-28-10-30-93-32-26-67-61(83)47-16-9-17-48(34-47)62(84)68-27-33-94-31-11-29-90-66(64(87)88)36-50(76)54(72-40(2)74)58(92-66)56(80)52(78)38-70-60(82)46-24-20-44(21-25-46)42-14-7-4-8-15-42;/h3-9,12-25,34,49-58,75-80H,10-11,26-33,35-38H2,1-2H3,(H,67,83)(H,68,84)(H,69,81)(H,70,82)(H,71,73)(H,72,74)(H,85,86)(H,87,88);/q;+1/t49-,50-,51+,52+,53+,54+,55?,56?,57+,58+,65+,66+;/m0./s1. The van der Waals surface area contributed by atoms with Gasteiger partial charge in [0.05, 0.1) is 49.7 Å². The molecule has 2 aliphatic heterocycles. The van der Waals surface area contributed by atoms with Crippen LogP contribution in [-0.2, 0) is 38.1 Å². The molecule has 0 aromatic heterocycles. The van der Waals surface area contributed by atoms with Crippen molar-refractivity contribution in [3.8, 4) is 22.3 Å². The van der Waals surface area contributed by atoms with Gasteiger partial charge in [-0.2, -0.15) is 23.5 Å². The molecule has 12 atom stereocenters. The summed E-state index contributed by atoms with van der Waals surface area (Å²) in [6.45, 7) is 1.32. The summed E-state index contributed by atoms with van der Waals surface area (Å²) < 4.78 is 23.2. The number of carbonyl (C=O) groups excluding carboxylic acids is 6. The molecule has 95 heavy (non-hydrogen) atoms. The molecule has 2 heterocycles. The summed E-state index contributed by atoms with van der Waals surface area (Å²) in [5.74, 6) is -9.86. The van der Waals surface area contributed by atoms with Crippen molar-refractivity contribution < 1.29 is 128 Å². The first kappa shape index (κ1) is 77.2. The number of ether oxygens (including phenoxy) is 4. The third-order valence-electron chi connectivity index (χ3n) is 15.4. The Bertz CT molecular complexity index is 3140. The van der Waals surface area contributed by atoms with Crippen LogP contribution >= 0.6 is 23.5 Å². The number of benzene rings is 5. The first-order valence-corrected chi connectivity index (χ1v) is 32.7. The number of amides is 6. The largest absolute Gasteiger partial charge is 1.00 e. The van der Waals surface area contributed by atoms with E-state index < -0.39 is 146 Å². The van der Waals surface area contributed by atoms with Gasteiger partial charge in [-0.25, -0.2) is 9.59 Å². The van der Waals surface area contributed by atoms with Gasteiger partial charge in [-0.05, 0) is 89.1 Å². The normalized spacial score (nSPS) is 22.0. The molecule has 0 radical (unpaired) electrons. The SMILES string of the molecule is CC(=O)N[C@@H]1[C@@H](O)C[C@](OCCCSCCNC(=O)c2cccc(C(=O)NCCSCCCO[C@]3(C(=O)O)C[C@H](O)[C@@H](NC(C)=O)[C@H](C(O)[C@H](O)CNC(=O)c4ccc(-c5ccccc5)cc4)O3)c2)(C(=O)O)O[C@H]1C(O)[C@H](O)CNC(=O)c1ccc(-c2ccccc2)cc1.[Na+]. The van der Waals surface area contributed by atoms with Gasteiger partial charge < -0.3 is 91.7 Å². The van der Waals surface area contributed by atoms with Gasteiger partial charge in [-0.3, -0.25) is 28.8 Å². The van der Waals surface area contributed by atoms with Crippen LogP contribution in [0, 0.1) is 0 Å². The van der Waals surface area contributed by atoms with E-state index in [1.807, 2.05) is 60.7 Å². The van der Waals surface area contributed by atoms with Crippen LogP contribution in [0.2, 0.25) is 0 Å². The molecular formula is C66H80N6NaO20S2+. The number of aliphatic carboxylic acids is 2. The number of carbonyl (C=O) groups is 8. The molecule has 5 aromatic rings. The molecule has 0 spiro atoms. The smallest absolute Gasteiger partial charge is 0.477 e. The molecule has 29 heteroatoms. The van der Waals surface area contributed by atoms with Crippen LogP contribution in [0.4, 0.5) is 0 Å². The Morgan fingerprint density at radius 1 is 0.484 bits per heavy atom. The molecule has 0 aliphatic carbocycles. The number of nitrogens with one attached hydrogen (secondary N) is 6. The maximum absolute atomic E-state index is 13.1. The fourth-order valence-corrected chi connectivity index (χ4v) is 12.1. The van der Waals surface area contributed by atoms with Crippen LogP contribution in [0.1, 0.15) is 81.0 Å². The summed E-state index contributed by atoms with van der Waals surface area (Å²) in [5.41, 5.74) is 4.60. The van der Waals surface area contributed by atoms with Gasteiger partial charge in [0, 0.05) is 86.6 Å². The van der Waals surface area contributed by atoms with Crippen molar-refractivity contribution in [1.29, 1.82) is 0 Å². The zero-order valence-electron chi connectivity index (χ0n) is 52.7. The molecule has 2 fully saturated rings. The molecule has 26 nitrogen and oxygen atoms in total. The summed E-state index contributed by atoms with van der Waals surface area (Å²) >= 11 is 2.82. The second-order valence-electron chi connectivity index (χ2n) is 22.4. The minimum Gasteiger partial charge on any atom is -0.477 e. The predicted molar refractivity (Wildman–Crippen MR) is 346 cm³/mol. The Morgan fingerprint density at radius 2 is 0.832 bits per heavy atom. The van der Waals surface area contributed by atoms with Gasteiger partial charge in [-0.1, -0.05) is 91.0 Å². The monoisotopic (exact) mass is 1360 g/mol. The molecule has 2 unspecified atom stereocenters. The molecule has 5 aromatic carbocycles. The Morgan fingerprint density at radius 3 is 1.18 bits per heavy atom. The average molecular weight is 1360 g/mol. The van der Waals surface area contributed by atoms with E-state index in [4.69, 9.17) is 18.9 Å². The quantitative estimate of drug-likeness (QED) is 0.0172. The van der Waals surface area contributed by atoms with Gasteiger partial charge in [-0.15, -0.1) is 0 Å². The Kier molecular flexibility index (Phi) is 30.6. The molecule has 7 rings (SSSR count). The molecule has 14 N–H and O–H groups in total. The maximum Gasteiger partial charge on any atom is 1.00 e. The van der Waals surface area contributed by atoms with Gasteiger partial charge in [0.25, 0.3) is 35.2 Å². The molecular weight excluding hydrogens is 1280 g/mol. The minimum atomic E-state index is -2.50. The van der Waals surface area contributed by atoms with Crippen LogP contribution in [0.15, 0.2) is 133 Å². The maximum atomic E-state index is 13.1. The van der Waals surface area contributed by atoms with Crippen molar-refractivity contribution in [2.75, 3.05) is 62.4 Å². The molecule has 506 valence electrons. The topological polar surface area (TPSA) is 408 Å². The van der Waals surface area contributed by atoms with Crippen molar-refractivity contribution in [2.45, 2.75) is 112 Å². The molecule has 0 saturated carbocycles. The van der Waals surface area contributed by atoms with E-state index in [0.29, 0.717) is 23.0 Å². The Labute approximate surface area is 579 Å². The van der Waals surface area contributed by atoms with Crippen molar-refractivity contribution in [3.63, 3.8) is 0 Å². The van der Waals surface area contributed by atoms with Crippen molar-refractivity contribution in [2.24, 2.45) is 0 Å². The Hall–Kier alpha value is -6.84. The third kappa shape index (κ3) is 22.1. The minimum absolute atomic E-state index is 0. The van der Waals surface area contributed by atoms with E-state index in [1.165, 1.54) is 29.6 Å². The zero-order chi connectivity index (χ0) is 68.0. The number of hydrogen-bond donors (Lipinski definition) is 14. The van der Waals surface area contributed by atoms with E-state index in [2.05, 4.69) is 31.9 Å². The summed E-state index contributed by atoms with van der Waals surface area (Å²) in [4.78, 5) is 102. The van der Waals surface area contributed by atoms with Crippen LogP contribution in [0.25, 0.3) is 22.3 Å². The predicted octanol–water partition coefficient (Wildman–Crippen LogP) is -1.06. The second-order valence-corrected chi connectivity index (χ2v) is 24.9. The van der Waals surface area contributed by atoms with Crippen molar-refractivity contribution in [3.05, 3.63) is 156 Å². The zero-order valence-corrected chi connectivity index (χ0v) is 56.3. The fraction of sp³-hybridized carbons (Fsp3) is 0.424. The van der Waals surface area contributed by atoms with E-state index >= 15 is 0 Å². The molecule has 2 aliphatic rings. The number of aliphatic hydroxyl groups is 6. The van der Waals surface area contributed by atoms with Gasteiger partial charge in [0.15, 0.2) is 0 Å². The average Bonchev–Trinajstić information content (AvgIpc) is 0.778. The molecule has 2 saturated heterocycles.